The Hall–Kier alpha value is -1.70. The average molecular weight is 331 g/mol. The van der Waals surface area contributed by atoms with Gasteiger partial charge in [-0.15, -0.1) is 0 Å². The van der Waals surface area contributed by atoms with Gasteiger partial charge in [-0.25, -0.2) is 0 Å². The number of aromatic hydroxyl groups is 2. The number of allylic oxidation sites excluding steroid dienone is 4. The predicted octanol–water partition coefficient (Wildman–Crippen LogP) is 6.31. The second-order valence-corrected chi connectivity index (χ2v) is 7.47. The van der Waals surface area contributed by atoms with Crippen molar-refractivity contribution >= 4 is 0 Å². The summed E-state index contributed by atoms with van der Waals surface area (Å²) in [5, 5.41) is 20.5. The van der Waals surface area contributed by atoms with Crippen molar-refractivity contribution in [1.29, 1.82) is 0 Å². The van der Waals surface area contributed by atoms with Crippen molar-refractivity contribution in [3.05, 3.63) is 46.6 Å². The fourth-order valence-electron chi connectivity index (χ4n) is 2.73. The van der Waals surface area contributed by atoms with Crippen LogP contribution in [0.1, 0.15) is 71.4 Å². The van der Waals surface area contributed by atoms with Gasteiger partial charge in [-0.05, 0) is 76.5 Å². The fourth-order valence-corrected chi connectivity index (χ4v) is 2.73. The molecule has 1 aromatic carbocycles. The smallest absolute Gasteiger partial charge is 0.123 e. The topological polar surface area (TPSA) is 40.5 Å². The summed E-state index contributed by atoms with van der Waals surface area (Å²) in [6, 6.07) is 3.61. The first-order chi connectivity index (χ1) is 11.3. The molecule has 0 unspecified atom stereocenters. The third-order valence-corrected chi connectivity index (χ3v) is 4.26. The zero-order valence-corrected chi connectivity index (χ0v) is 16.0. The molecule has 0 atom stereocenters. The highest BCUT2D eigenvalue weighted by atomic mass is 16.3. The van der Waals surface area contributed by atoms with Crippen molar-refractivity contribution < 1.29 is 10.2 Å². The Morgan fingerprint density at radius 2 is 1.67 bits per heavy atom. The van der Waals surface area contributed by atoms with Crippen LogP contribution in [0.5, 0.6) is 11.5 Å². The number of rotatable bonds is 9. The van der Waals surface area contributed by atoms with E-state index >= 15 is 0 Å². The molecule has 0 aliphatic carbocycles. The van der Waals surface area contributed by atoms with E-state index in [1.165, 1.54) is 11.1 Å². The predicted molar refractivity (Wildman–Crippen MR) is 104 cm³/mol. The maximum Gasteiger partial charge on any atom is 0.123 e. The van der Waals surface area contributed by atoms with Crippen molar-refractivity contribution in [2.45, 2.75) is 73.1 Å². The van der Waals surface area contributed by atoms with E-state index in [-0.39, 0.29) is 11.5 Å². The first-order valence-corrected chi connectivity index (χ1v) is 9.12. The van der Waals surface area contributed by atoms with Crippen LogP contribution in [0.4, 0.5) is 0 Å². The van der Waals surface area contributed by atoms with Gasteiger partial charge < -0.3 is 10.2 Å². The van der Waals surface area contributed by atoms with E-state index in [0.717, 1.165) is 37.7 Å². The minimum absolute atomic E-state index is 0.211. The monoisotopic (exact) mass is 330 g/mol. The van der Waals surface area contributed by atoms with E-state index in [1.54, 1.807) is 0 Å². The van der Waals surface area contributed by atoms with Crippen LogP contribution in [0.3, 0.4) is 0 Å². The summed E-state index contributed by atoms with van der Waals surface area (Å²) < 4.78 is 0. The van der Waals surface area contributed by atoms with Gasteiger partial charge in [0.05, 0.1) is 0 Å². The van der Waals surface area contributed by atoms with Gasteiger partial charge in [0, 0.05) is 5.56 Å². The first kappa shape index (κ1) is 20.3. The van der Waals surface area contributed by atoms with Crippen molar-refractivity contribution in [2.24, 2.45) is 5.92 Å². The zero-order valence-electron chi connectivity index (χ0n) is 16.0. The van der Waals surface area contributed by atoms with Gasteiger partial charge in [-0.2, -0.15) is 0 Å². The van der Waals surface area contributed by atoms with Crippen molar-refractivity contribution in [3.8, 4) is 11.5 Å². The van der Waals surface area contributed by atoms with Crippen LogP contribution in [0, 0.1) is 5.92 Å². The molecule has 0 aromatic heterocycles. The number of phenols is 2. The Kier molecular flexibility index (Phi) is 8.67. The van der Waals surface area contributed by atoms with Crippen molar-refractivity contribution in [3.63, 3.8) is 0 Å². The van der Waals surface area contributed by atoms with E-state index in [2.05, 4.69) is 46.8 Å². The van der Waals surface area contributed by atoms with Crippen LogP contribution in [-0.4, -0.2) is 10.2 Å². The second-order valence-electron chi connectivity index (χ2n) is 7.47. The maximum absolute atomic E-state index is 10.2. The molecule has 2 N–H and O–H groups in total. The quantitative estimate of drug-likeness (QED) is 0.521. The lowest BCUT2D eigenvalue weighted by atomic mass is 9.99. The molecule has 0 aliphatic heterocycles. The van der Waals surface area contributed by atoms with E-state index in [1.807, 2.05) is 12.1 Å². The minimum atomic E-state index is 0.211. The molecule has 0 amide bonds. The number of phenolic OH excluding ortho intramolecular Hbond substituents is 2. The molecule has 24 heavy (non-hydrogen) atoms. The Bertz CT molecular complexity index is 553. The molecule has 0 radical (unpaired) electrons. The number of benzene rings is 1. The summed E-state index contributed by atoms with van der Waals surface area (Å²) in [4.78, 5) is 0. The lowest BCUT2D eigenvalue weighted by Gasteiger charge is -2.10. The van der Waals surface area contributed by atoms with Crippen LogP contribution >= 0.6 is 0 Å². The lowest BCUT2D eigenvalue weighted by Crippen LogP contribution is -1.93. The van der Waals surface area contributed by atoms with Crippen molar-refractivity contribution in [1.82, 2.24) is 0 Å². The van der Waals surface area contributed by atoms with Gasteiger partial charge in [0.2, 0.25) is 0 Å². The van der Waals surface area contributed by atoms with E-state index in [9.17, 15) is 10.2 Å². The Morgan fingerprint density at radius 3 is 2.21 bits per heavy atom. The molecule has 2 nitrogen and oxygen atoms in total. The van der Waals surface area contributed by atoms with Gasteiger partial charge in [0.25, 0.3) is 0 Å². The molecule has 1 rings (SSSR count). The standard InChI is InChI=1S/C22H34O2/c1-16(2)8-6-10-18(5)12-13-20-21(23)14-19(15-22(20)24)11-7-9-17(3)4/h8,12,14-15,17,23-24H,6-7,9-11,13H2,1-5H3. The van der Waals surface area contributed by atoms with Crippen LogP contribution in [0.15, 0.2) is 35.4 Å². The number of hydrogen-bond donors (Lipinski definition) is 2. The Labute approximate surface area is 147 Å². The van der Waals surface area contributed by atoms with Gasteiger partial charge in [0.15, 0.2) is 0 Å². The summed E-state index contributed by atoms with van der Waals surface area (Å²) >= 11 is 0. The first-order valence-electron chi connectivity index (χ1n) is 9.12. The Morgan fingerprint density at radius 1 is 1.04 bits per heavy atom. The maximum atomic E-state index is 10.2. The average Bonchev–Trinajstić information content (AvgIpc) is 2.45. The molecule has 0 heterocycles. The number of hydrogen-bond acceptors (Lipinski definition) is 2. The third kappa shape index (κ3) is 7.72. The largest absolute Gasteiger partial charge is 0.508 e. The highest BCUT2D eigenvalue weighted by Gasteiger charge is 2.09. The van der Waals surface area contributed by atoms with Gasteiger partial charge in [-0.3, -0.25) is 0 Å². The molecular weight excluding hydrogens is 296 g/mol. The number of aryl methyl sites for hydroxylation is 1. The highest BCUT2D eigenvalue weighted by Crippen LogP contribution is 2.30. The molecule has 0 saturated heterocycles. The molecule has 0 bridgehead atoms. The molecule has 2 heteroatoms. The molecule has 0 fully saturated rings. The van der Waals surface area contributed by atoms with Crippen LogP contribution in [0.25, 0.3) is 0 Å². The highest BCUT2D eigenvalue weighted by molar-refractivity contribution is 5.47. The van der Waals surface area contributed by atoms with Crippen LogP contribution in [-0.2, 0) is 12.8 Å². The summed E-state index contributed by atoms with van der Waals surface area (Å²) in [5.41, 5.74) is 4.27. The molecular formula is C22H34O2. The van der Waals surface area contributed by atoms with Gasteiger partial charge in [-0.1, -0.05) is 43.6 Å². The lowest BCUT2D eigenvalue weighted by molar-refractivity contribution is 0.439. The zero-order chi connectivity index (χ0) is 18.1. The minimum Gasteiger partial charge on any atom is -0.508 e. The van der Waals surface area contributed by atoms with Gasteiger partial charge >= 0.3 is 0 Å². The second kappa shape index (κ2) is 10.2. The third-order valence-electron chi connectivity index (χ3n) is 4.26. The molecule has 0 saturated carbocycles. The summed E-state index contributed by atoms with van der Waals surface area (Å²) in [6.07, 6.45) is 10.1. The normalized spacial score (nSPS) is 11.8. The Balaban J connectivity index is 2.67. The van der Waals surface area contributed by atoms with E-state index < -0.39 is 0 Å². The molecule has 134 valence electrons. The summed E-state index contributed by atoms with van der Waals surface area (Å²) in [7, 11) is 0. The summed E-state index contributed by atoms with van der Waals surface area (Å²) in [6.45, 7) is 10.7. The SMILES string of the molecule is CC(C)=CCCC(C)=CCc1c(O)cc(CCCC(C)C)cc1O. The van der Waals surface area contributed by atoms with E-state index in [4.69, 9.17) is 0 Å². The van der Waals surface area contributed by atoms with Crippen molar-refractivity contribution in [2.75, 3.05) is 0 Å². The molecule has 1 aromatic rings. The molecule has 0 spiro atoms. The fraction of sp³-hybridized carbons (Fsp3) is 0.545. The molecule has 0 aliphatic rings. The van der Waals surface area contributed by atoms with Gasteiger partial charge in [0.1, 0.15) is 11.5 Å². The summed E-state index contributed by atoms with van der Waals surface area (Å²) in [5.74, 6) is 1.11. The van der Waals surface area contributed by atoms with Crippen LogP contribution < -0.4 is 0 Å². The van der Waals surface area contributed by atoms with Crippen LogP contribution in [0.2, 0.25) is 0 Å². The van der Waals surface area contributed by atoms with E-state index in [0.29, 0.717) is 17.9 Å².